The summed E-state index contributed by atoms with van der Waals surface area (Å²) < 4.78 is 10.8. The van der Waals surface area contributed by atoms with Crippen LogP contribution in [0.4, 0.5) is 0 Å². The number of rotatable bonds is 4. The Morgan fingerprint density at radius 3 is 2.93 bits per heavy atom. The second-order valence-electron chi connectivity index (χ2n) is 7.02. The van der Waals surface area contributed by atoms with Crippen LogP contribution < -0.4 is 15.4 Å². The fraction of sp³-hybridized carbons (Fsp3) is 0.500. The highest BCUT2D eigenvalue weighted by Gasteiger charge is 2.32. The number of carbonyl (C=O) groups excluding carboxylic acids is 1. The molecule has 1 aliphatic carbocycles. The van der Waals surface area contributed by atoms with Crippen LogP contribution in [0, 0.1) is 0 Å². The summed E-state index contributed by atoms with van der Waals surface area (Å²) in [5.74, 6) is 0.848. The quantitative estimate of drug-likeness (QED) is 0.844. The molecule has 2 aromatic rings. The Bertz CT molecular complexity index is 805. The van der Waals surface area contributed by atoms with Gasteiger partial charge in [-0.25, -0.2) is 4.98 Å². The molecule has 1 fully saturated rings. The van der Waals surface area contributed by atoms with Gasteiger partial charge in [0.15, 0.2) is 0 Å². The van der Waals surface area contributed by atoms with Gasteiger partial charge in [-0.05, 0) is 50.5 Å². The largest absolute Gasteiger partial charge is 0.497 e. The average Bonchev–Trinajstić information content (AvgIpc) is 3.14. The van der Waals surface area contributed by atoms with Gasteiger partial charge < -0.3 is 20.1 Å². The van der Waals surface area contributed by atoms with Crippen molar-refractivity contribution >= 4 is 17.2 Å². The molecule has 1 saturated heterocycles. The van der Waals surface area contributed by atoms with Crippen molar-refractivity contribution in [2.75, 3.05) is 20.3 Å². The number of nitrogens with one attached hydrogen (secondary N) is 2. The number of ether oxygens (including phenoxy) is 2. The van der Waals surface area contributed by atoms with Crippen LogP contribution in [0.1, 0.15) is 36.4 Å². The monoisotopic (exact) mass is 387 g/mol. The molecule has 1 aliphatic heterocycles. The number of morpholine rings is 1. The van der Waals surface area contributed by atoms with E-state index >= 15 is 0 Å². The van der Waals surface area contributed by atoms with Crippen LogP contribution in [-0.2, 0) is 16.0 Å². The van der Waals surface area contributed by atoms with E-state index in [1.54, 1.807) is 18.4 Å². The van der Waals surface area contributed by atoms with Crippen molar-refractivity contribution in [1.29, 1.82) is 0 Å². The predicted octanol–water partition coefficient (Wildman–Crippen LogP) is 2.69. The van der Waals surface area contributed by atoms with Crippen LogP contribution in [0.5, 0.6) is 5.75 Å². The summed E-state index contributed by atoms with van der Waals surface area (Å²) in [6.07, 6.45) is 2.84. The summed E-state index contributed by atoms with van der Waals surface area (Å²) in [7, 11) is 1.66. The molecule has 6 nitrogen and oxygen atoms in total. The minimum Gasteiger partial charge on any atom is -0.497 e. The zero-order valence-corrected chi connectivity index (χ0v) is 16.5. The molecule has 27 heavy (non-hydrogen) atoms. The van der Waals surface area contributed by atoms with Crippen molar-refractivity contribution in [1.82, 2.24) is 15.6 Å². The first kappa shape index (κ1) is 18.4. The van der Waals surface area contributed by atoms with Gasteiger partial charge in [-0.3, -0.25) is 4.79 Å². The van der Waals surface area contributed by atoms with Crippen molar-refractivity contribution in [3.63, 3.8) is 0 Å². The maximum absolute atomic E-state index is 12.8. The van der Waals surface area contributed by atoms with Gasteiger partial charge in [0.2, 0.25) is 5.91 Å². The van der Waals surface area contributed by atoms with E-state index in [2.05, 4.69) is 10.6 Å². The van der Waals surface area contributed by atoms with Crippen LogP contribution in [0.15, 0.2) is 24.3 Å². The van der Waals surface area contributed by atoms with Gasteiger partial charge in [0.05, 0.1) is 36.4 Å². The van der Waals surface area contributed by atoms with Gasteiger partial charge in [0.25, 0.3) is 0 Å². The van der Waals surface area contributed by atoms with E-state index in [0.29, 0.717) is 13.2 Å². The predicted molar refractivity (Wildman–Crippen MR) is 105 cm³/mol. The third-order valence-corrected chi connectivity index (χ3v) is 6.46. The molecular formula is C20H25N3O3S. The molecule has 0 bridgehead atoms. The standard InChI is InChI=1S/C20H25N3O3S/c1-12-17(21-10-11-26-12)19(24)22-15-4-3-5-16-18(15)27-20(23-16)13-6-8-14(25-2)9-7-13/h6-9,12,15,17,21H,3-5,10-11H2,1-2H3,(H,22,24)/t12-,15?,17+/m1/s1. The maximum Gasteiger partial charge on any atom is 0.240 e. The number of fused-ring (bicyclic) bond motifs is 1. The van der Waals surface area contributed by atoms with Crippen molar-refractivity contribution in [2.24, 2.45) is 0 Å². The number of thiazole rings is 1. The lowest BCUT2D eigenvalue weighted by Gasteiger charge is -2.31. The topological polar surface area (TPSA) is 72.5 Å². The first-order valence-electron chi connectivity index (χ1n) is 9.45. The van der Waals surface area contributed by atoms with Crippen molar-refractivity contribution < 1.29 is 14.3 Å². The number of hydrogen-bond acceptors (Lipinski definition) is 6. The fourth-order valence-corrected chi connectivity index (χ4v) is 4.91. The van der Waals surface area contributed by atoms with Crippen molar-refractivity contribution in [2.45, 2.75) is 44.4 Å². The molecule has 0 radical (unpaired) electrons. The highest BCUT2D eigenvalue weighted by Crippen LogP contribution is 2.38. The molecule has 2 heterocycles. The van der Waals surface area contributed by atoms with E-state index in [0.717, 1.165) is 41.3 Å². The summed E-state index contributed by atoms with van der Waals surface area (Å²) in [5.41, 5.74) is 2.19. The van der Waals surface area contributed by atoms with Gasteiger partial charge >= 0.3 is 0 Å². The van der Waals surface area contributed by atoms with Crippen molar-refractivity contribution in [3.8, 4) is 16.3 Å². The summed E-state index contributed by atoms with van der Waals surface area (Å²) in [4.78, 5) is 18.8. The Kier molecular flexibility index (Phi) is 5.43. The molecule has 1 unspecified atom stereocenters. The molecule has 1 aromatic carbocycles. The Morgan fingerprint density at radius 1 is 1.37 bits per heavy atom. The first-order chi connectivity index (χ1) is 13.2. The fourth-order valence-electron chi connectivity index (χ4n) is 3.70. The number of nitrogens with zero attached hydrogens (tertiary/aromatic N) is 1. The number of benzene rings is 1. The average molecular weight is 388 g/mol. The van der Waals surface area contributed by atoms with E-state index in [9.17, 15) is 4.79 Å². The molecule has 3 atom stereocenters. The number of aromatic nitrogens is 1. The van der Waals surface area contributed by atoms with E-state index in [4.69, 9.17) is 14.5 Å². The second kappa shape index (κ2) is 7.96. The van der Waals surface area contributed by atoms with Crippen LogP contribution in [0.25, 0.3) is 10.6 Å². The molecular weight excluding hydrogens is 362 g/mol. The maximum atomic E-state index is 12.8. The van der Waals surface area contributed by atoms with Crippen molar-refractivity contribution in [3.05, 3.63) is 34.8 Å². The summed E-state index contributed by atoms with van der Waals surface area (Å²) in [6, 6.07) is 7.69. The third kappa shape index (κ3) is 3.85. The molecule has 2 aliphatic rings. The lowest BCUT2D eigenvalue weighted by molar-refractivity contribution is -0.129. The van der Waals surface area contributed by atoms with Crippen LogP contribution in [0.2, 0.25) is 0 Å². The molecule has 0 saturated carbocycles. The lowest BCUT2D eigenvalue weighted by Crippen LogP contribution is -2.56. The Hall–Kier alpha value is -1.96. The van der Waals surface area contributed by atoms with Gasteiger partial charge in [0.1, 0.15) is 16.8 Å². The number of carbonyl (C=O) groups is 1. The molecule has 2 N–H and O–H groups in total. The number of aryl methyl sites for hydroxylation is 1. The Balaban J connectivity index is 1.52. The number of methoxy groups -OCH3 is 1. The van der Waals surface area contributed by atoms with Gasteiger partial charge in [-0.1, -0.05) is 0 Å². The van der Waals surface area contributed by atoms with E-state index in [-0.39, 0.29) is 24.1 Å². The number of amides is 1. The number of hydrogen-bond donors (Lipinski definition) is 2. The molecule has 0 spiro atoms. The normalized spacial score (nSPS) is 24.9. The zero-order valence-electron chi connectivity index (χ0n) is 15.7. The molecule has 1 aromatic heterocycles. The van der Waals surface area contributed by atoms with Gasteiger partial charge in [0, 0.05) is 12.1 Å². The Morgan fingerprint density at radius 2 is 2.19 bits per heavy atom. The molecule has 144 valence electrons. The van der Waals surface area contributed by atoms with Crippen LogP contribution in [-0.4, -0.2) is 43.3 Å². The van der Waals surface area contributed by atoms with Crippen LogP contribution in [0.3, 0.4) is 0 Å². The lowest BCUT2D eigenvalue weighted by atomic mass is 9.97. The first-order valence-corrected chi connectivity index (χ1v) is 10.3. The zero-order chi connectivity index (χ0) is 18.8. The summed E-state index contributed by atoms with van der Waals surface area (Å²) in [6.45, 7) is 3.30. The summed E-state index contributed by atoms with van der Waals surface area (Å²) in [5, 5.41) is 7.49. The van der Waals surface area contributed by atoms with Crippen LogP contribution >= 0.6 is 11.3 Å². The SMILES string of the molecule is COc1ccc(-c2nc3c(s2)C(NC(=O)[C@H]2NCCO[C@@H]2C)CCC3)cc1. The van der Waals surface area contributed by atoms with Gasteiger partial charge in [-0.15, -0.1) is 11.3 Å². The highest BCUT2D eigenvalue weighted by atomic mass is 32.1. The molecule has 4 rings (SSSR count). The molecule has 1 amide bonds. The summed E-state index contributed by atoms with van der Waals surface area (Å²) >= 11 is 1.68. The Labute approximate surface area is 163 Å². The second-order valence-corrected chi connectivity index (χ2v) is 8.05. The minimum absolute atomic E-state index is 0.0134. The van der Waals surface area contributed by atoms with E-state index in [1.165, 1.54) is 4.88 Å². The van der Waals surface area contributed by atoms with E-state index in [1.807, 2.05) is 31.2 Å². The van der Waals surface area contributed by atoms with E-state index < -0.39 is 0 Å². The van der Waals surface area contributed by atoms with Gasteiger partial charge in [-0.2, -0.15) is 0 Å². The molecule has 7 heteroatoms. The smallest absolute Gasteiger partial charge is 0.240 e. The minimum atomic E-state index is -0.293. The third-order valence-electron chi connectivity index (χ3n) is 5.20. The highest BCUT2D eigenvalue weighted by molar-refractivity contribution is 7.15.